The quantitative estimate of drug-likeness (QED) is 0.429. The van der Waals surface area contributed by atoms with Gasteiger partial charge in [0.25, 0.3) is 0 Å². The molecule has 8 heteroatoms. The summed E-state index contributed by atoms with van der Waals surface area (Å²) in [6.45, 7) is 5.81. The predicted molar refractivity (Wildman–Crippen MR) is 142 cm³/mol. The molecule has 3 heterocycles. The Bertz CT molecular complexity index is 1020. The Balaban J connectivity index is 0.00000176. The molecule has 2 saturated heterocycles. The summed E-state index contributed by atoms with van der Waals surface area (Å²) in [6.07, 6.45) is 5.31. The van der Waals surface area contributed by atoms with Crippen LogP contribution < -0.4 is 0 Å². The van der Waals surface area contributed by atoms with Crippen molar-refractivity contribution in [2.45, 2.75) is 90.1 Å². The lowest BCUT2D eigenvalue weighted by molar-refractivity contribution is -0.148. The van der Waals surface area contributed by atoms with Crippen molar-refractivity contribution >= 4 is 39.4 Å². The molecule has 198 valence electrons. The number of carbonyl (C=O) groups is 2. The van der Waals surface area contributed by atoms with Gasteiger partial charge in [-0.05, 0) is 55.9 Å². The van der Waals surface area contributed by atoms with Gasteiger partial charge in [-0.25, -0.2) is 4.98 Å². The number of ether oxygens (including phenoxy) is 2. The molecule has 0 bridgehead atoms. The van der Waals surface area contributed by atoms with Crippen molar-refractivity contribution < 1.29 is 29.3 Å². The number of benzene rings is 1. The molecule has 2 aliphatic heterocycles. The minimum Gasteiger partial charge on any atom is -0.458 e. The van der Waals surface area contributed by atoms with Crippen molar-refractivity contribution in [3.63, 3.8) is 0 Å². The molecule has 1 aromatic heterocycles. The van der Waals surface area contributed by atoms with Crippen LogP contribution in [0.2, 0.25) is 0 Å². The highest BCUT2D eigenvalue weighted by molar-refractivity contribution is 7.19. The Labute approximate surface area is 217 Å². The number of aliphatic hydroxyl groups is 2. The largest absolute Gasteiger partial charge is 0.458 e. The van der Waals surface area contributed by atoms with E-state index in [0.29, 0.717) is 12.8 Å². The van der Waals surface area contributed by atoms with E-state index in [1.165, 1.54) is 0 Å². The van der Waals surface area contributed by atoms with Gasteiger partial charge >= 0.3 is 5.97 Å². The number of fused-ring (bicyclic) bond motifs is 2. The maximum Gasteiger partial charge on any atom is 0.306 e. The molecule has 7 nitrogen and oxygen atoms in total. The summed E-state index contributed by atoms with van der Waals surface area (Å²) in [7, 11) is 1.00. The van der Waals surface area contributed by atoms with Gasteiger partial charge in [-0.3, -0.25) is 9.59 Å². The first kappa shape index (κ1) is 28.4. The SMILES string of the molecule is C/C(=C\c1nc2ccccc2s1)C1CC2OC2CCC[C@H](C)C(O)CC(=O)C(C)CCC(=O)O1.CO. The average molecular weight is 518 g/mol. The number of hydrogen-bond acceptors (Lipinski definition) is 8. The van der Waals surface area contributed by atoms with Gasteiger partial charge in [0.1, 0.15) is 16.9 Å². The molecular formula is C28H39NO6S. The lowest BCUT2D eigenvalue weighted by Crippen LogP contribution is -2.26. The van der Waals surface area contributed by atoms with Gasteiger partial charge < -0.3 is 19.7 Å². The third-order valence-corrected chi connectivity index (χ3v) is 8.11. The number of thiazole rings is 1. The summed E-state index contributed by atoms with van der Waals surface area (Å²) in [4.78, 5) is 29.9. The zero-order chi connectivity index (χ0) is 26.2. The van der Waals surface area contributed by atoms with Crippen LogP contribution in [-0.4, -0.2) is 58.5 Å². The minimum atomic E-state index is -0.634. The Morgan fingerprint density at radius 2 is 1.86 bits per heavy atom. The van der Waals surface area contributed by atoms with E-state index in [1.807, 2.05) is 45.0 Å². The zero-order valence-electron chi connectivity index (χ0n) is 21.7. The van der Waals surface area contributed by atoms with E-state index in [9.17, 15) is 14.7 Å². The van der Waals surface area contributed by atoms with Crippen molar-refractivity contribution in [1.82, 2.24) is 4.98 Å². The van der Waals surface area contributed by atoms with E-state index in [4.69, 9.17) is 14.6 Å². The standard InChI is InChI=1S/C27H35NO5S.CH4O/c1-16-7-6-9-22-24(32-22)15-23(33-27(31)12-11-17(2)21(30)14-20(16)29)18(3)13-26-28-19-8-4-5-10-25(19)34-26;1-2/h4-5,8,10,13,16-17,20,22-24,29H,6-7,9,11-12,14-15H2,1-3H3;2H,1H3/b18-13+;/t16-,17?,20?,22?,23?,24?;/m0./s1. The van der Waals surface area contributed by atoms with Crippen LogP contribution in [0.4, 0.5) is 0 Å². The fraction of sp³-hybridized carbons (Fsp3) is 0.607. The number of ketones is 1. The third kappa shape index (κ3) is 7.93. The van der Waals surface area contributed by atoms with Gasteiger partial charge in [0.15, 0.2) is 0 Å². The monoisotopic (exact) mass is 517 g/mol. The highest BCUT2D eigenvalue weighted by Gasteiger charge is 2.41. The van der Waals surface area contributed by atoms with Crippen molar-refractivity contribution in [2.24, 2.45) is 11.8 Å². The van der Waals surface area contributed by atoms with E-state index in [1.54, 1.807) is 11.3 Å². The molecule has 2 fully saturated rings. The number of aromatic nitrogens is 1. The van der Waals surface area contributed by atoms with Gasteiger partial charge in [0.05, 0.1) is 28.5 Å². The van der Waals surface area contributed by atoms with E-state index >= 15 is 0 Å². The van der Waals surface area contributed by atoms with Gasteiger partial charge in [0.2, 0.25) is 0 Å². The highest BCUT2D eigenvalue weighted by Crippen LogP contribution is 2.35. The van der Waals surface area contributed by atoms with Crippen LogP contribution in [-0.2, 0) is 19.1 Å². The lowest BCUT2D eigenvalue weighted by Gasteiger charge is -2.21. The molecule has 1 aromatic carbocycles. The van der Waals surface area contributed by atoms with Crippen LogP contribution in [0.5, 0.6) is 0 Å². The Hall–Kier alpha value is -2.13. The van der Waals surface area contributed by atoms with Crippen molar-refractivity contribution in [3.8, 4) is 0 Å². The van der Waals surface area contributed by atoms with Gasteiger partial charge in [-0.1, -0.05) is 32.4 Å². The van der Waals surface area contributed by atoms with Gasteiger partial charge in [-0.2, -0.15) is 0 Å². The summed E-state index contributed by atoms with van der Waals surface area (Å²) in [6, 6.07) is 8.03. The molecule has 36 heavy (non-hydrogen) atoms. The maximum absolute atomic E-state index is 12.7. The Morgan fingerprint density at radius 3 is 2.61 bits per heavy atom. The van der Waals surface area contributed by atoms with Crippen LogP contribution in [0.1, 0.15) is 70.7 Å². The number of esters is 1. The zero-order valence-corrected chi connectivity index (χ0v) is 22.5. The number of nitrogens with zero attached hydrogens (tertiary/aromatic N) is 1. The molecule has 0 amide bonds. The first-order valence-corrected chi connectivity index (χ1v) is 13.7. The number of hydrogen-bond donors (Lipinski definition) is 2. The molecule has 2 aliphatic rings. The maximum atomic E-state index is 12.7. The van der Waals surface area contributed by atoms with E-state index in [0.717, 1.165) is 47.2 Å². The van der Waals surface area contributed by atoms with E-state index in [2.05, 4.69) is 11.1 Å². The molecule has 0 aliphatic carbocycles. The van der Waals surface area contributed by atoms with Crippen molar-refractivity contribution in [2.75, 3.05) is 7.11 Å². The van der Waals surface area contributed by atoms with Crippen LogP contribution in [0.25, 0.3) is 16.3 Å². The second kappa shape index (κ2) is 13.4. The summed E-state index contributed by atoms with van der Waals surface area (Å²) >= 11 is 1.62. The molecule has 2 aromatic rings. The number of Topliss-reactive ketones (excluding diaryl/α,β-unsaturated/α-hetero) is 1. The summed E-state index contributed by atoms with van der Waals surface area (Å²) in [5, 5.41) is 18.3. The lowest BCUT2D eigenvalue weighted by atomic mass is 9.89. The summed E-state index contributed by atoms with van der Waals surface area (Å²) in [5.41, 5.74) is 1.91. The molecule has 6 atom stereocenters. The van der Waals surface area contributed by atoms with Crippen LogP contribution in [0.3, 0.4) is 0 Å². The number of cyclic esters (lactones) is 1. The Morgan fingerprint density at radius 1 is 1.11 bits per heavy atom. The second-order valence-corrected chi connectivity index (χ2v) is 11.0. The molecule has 0 saturated carbocycles. The smallest absolute Gasteiger partial charge is 0.306 e. The number of para-hydroxylation sites is 1. The van der Waals surface area contributed by atoms with Crippen LogP contribution in [0.15, 0.2) is 29.8 Å². The molecule has 5 unspecified atom stereocenters. The number of rotatable bonds is 2. The first-order valence-electron chi connectivity index (χ1n) is 12.8. The van der Waals surface area contributed by atoms with E-state index in [-0.39, 0.29) is 54.7 Å². The predicted octanol–water partition coefficient (Wildman–Crippen LogP) is 4.93. The topological polar surface area (TPSA) is 109 Å². The summed E-state index contributed by atoms with van der Waals surface area (Å²) < 4.78 is 12.9. The summed E-state index contributed by atoms with van der Waals surface area (Å²) in [5.74, 6) is -0.512. The average Bonchev–Trinajstić information content (AvgIpc) is 3.47. The highest BCUT2D eigenvalue weighted by atomic mass is 32.1. The second-order valence-electron chi connectivity index (χ2n) is 9.92. The van der Waals surface area contributed by atoms with Crippen LogP contribution >= 0.6 is 11.3 Å². The third-order valence-electron chi connectivity index (χ3n) is 7.12. The molecule has 0 spiro atoms. The number of epoxide rings is 1. The van der Waals surface area contributed by atoms with Crippen molar-refractivity contribution in [1.29, 1.82) is 0 Å². The number of aliphatic hydroxyl groups excluding tert-OH is 2. The molecule has 4 rings (SSSR count). The fourth-order valence-corrected chi connectivity index (χ4v) is 5.55. The first-order chi connectivity index (χ1) is 17.3. The van der Waals surface area contributed by atoms with Crippen molar-refractivity contribution in [3.05, 3.63) is 34.8 Å². The number of carbonyl (C=O) groups excluding carboxylic acids is 2. The minimum absolute atomic E-state index is 0.00768. The molecule has 2 N–H and O–H groups in total. The van der Waals surface area contributed by atoms with Gasteiger partial charge in [-0.15, -0.1) is 11.3 Å². The Kier molecular flexibility index (Phi) is 10.6. The fourth-order valence-electron chi connectivity index (χ4n) is 4.57. The molecular weight excluding hydrogens is 478 g/mol. The van der Waals surface area contributed by atoms with Gasteiger partial charge in [0, 0.05) is 32.3 Å². The molecule has 0 radical (unpaired) electrons. The normalized spacial score (nSPS) is 30.7. The van der Waals surface area contributed by atoms with E-state index < -0.39 is 6.10 Å². The van der Waals surface area contributed by atoms with Crippen LogP contribution in [0, 0.1) is 11.8 Å².